The first-order chi connectivity index (χ1) is 6.97. The molecule has 0 aliphatic rings. The number of methoxy groups -OCH3 is 1. The van der Waals surface area contributed by atoms with Crippen LogP contribution in [-0.4, -0.2) is 12.2 Å². The highest BCUT2D eigenvalue weighted by Gasteiger charge is 2.18. The molecule has 0 heterocycles. The van der Waals surface area contributed by atoms with Crippen LogP contribution in [0.4, 0.5) is 0 Å². The van der Waals surface area contributed by atoms with Gasteiger partial charge in [-0.05, 0) is 24.5 Å². The first-order valence-corrected chi connectivity index (χ1v) is 5.01. The SMILES string of the molecule is COc1cc([O])c(C(O)C(C)C)cc1C. The van der Waals surface area contributed by atoms with Crippen molar-refractivity contribution in [2.45, 2.75) is 26.9 Å². The number of hydrogen-bond donors (Lipinski definition) is 1. The van der Waals surface area contributed by atoms with E-state index in [4.69, 9.17) is 4.74 Å². The van der Waals surface area contributed by atoms with Gasteiger partial charge in [0.05, 0.1) is 13.2 Å². The summed E-state index contributed by atoms with van der Waals surface area (Å²) in [6.45, 7) is 5.61. The summed E-state index contributed by atoms with van der Waals surface area (Å²) < 4.78 is 5.04. The second kappa shape index (κ2) is 4.53. The number of benzene rings is 1. The lowest BCUT2D eigenvalue weighted by Gasteiger charge is -2.16. The fraction of sp³-hybridized carbons (Fsp3) is 0.500. The van der Waals surface area contributed by atoms with Gasteiger partial charge >= 0.3 is 0 Å². The molecule has 0 spiro atoms. The van der Waals surface area contributed by atoms with E-state index >= 15 is 0 Å². The van der Waals surface area contributed by atoms with Gasteiger partial charge in [0.25, 0.3) is 0 Å². The van der Waals surface area contributed by atoms with Gasteiger partial charge in [-0.3, -0.25) is 5.11 Å². The largest absolute Gasteiger partial charge is 0.496 e. The molecule has 3 heteroatoms. The van der Waals surface area contributed by atoms with E-state index in [1.54, 1.807) is 6.07 Å². The van der Waals surface area contributed by atoms with E-state index in [2.05, 4.69) is 0 Å². The molecule has 1 rings (SSSR count). The highest BCUT2D eigenvalue weighted by Crippen LogP contribution is 2.34. The molecule has 15 heavy (non-hydrogen) atoms. The predicted molar refractivity (Wildman–Crippen MR) is 57.7 cm³/mol. The Bertz CT molecular complexity index is 345. The zero-order valence-corrected chi connectivity index (χ0v) is 9.57. The van der Waals surface area contributed by atoms with Crippen LogP contribution in [-0.2, 0) is 5.11 Å². The first kappa shape index (κ1) is 11.9. The summed E-state index contributed by atoms with van der Waals surface area (Å²) in [5, 5.41) is 21.5. The molecule has 3 nitrogen and oxygen atoms in total. The fourth-order valence-corrected chi connectivity index (χ4v) is 1.50. The Kier molecular flexibility index (Phi) is 3.58. The summed E-state index contributed by atoms with van der Waals surface area (Å²) in [6.07, 6.45) is -0.706. The van der Waals surface area contributed by atoms with Gasteiger partial charge in [-0.25, -0.2) is 0 Å². The van der Waals surface area contributed by atoms with Crippen LogP contribution in [0.1, 0.15) is 31.1 Å². The number of aliphatic hydroxyl groups is 1. The van der Waals surface area contributed by atoms with Crippen LogP contribution < -0.4 is 4.74 Å². The van der Waals surface area contributed by atoms with Crippen LogP contribution in [0, 0.1) is 12.8 Å². The highest BCUT2D eigenvalue weighted by atomic mass is 16.5. The van der Waals surface area contributed by atoms with Gasteiger partial charge in [0.2, 0.25) is 0 Å². The number of hydrogen-bond acceptors (Lipinski definition) is 2. The van der Waals surface area contributed by atoms with Crippen LogP contribution in [0.2, 0.25) is 0 Å². The summed E-state index contributed by atoms with van der Waals surface area (Å²) in [7, 11) is 1.53. The van der Waals surface area contributed by atoms with Gasteiger partial charge in [-0.1, -0.05) is 13.8 Å². The van der Waals surface area contributed by atoms with Crippen molar-refractivity contribution in [3.05, 3.63) is 23.3 Å². The van der Waals surface area contributed by atoms with Crippen molar-refractivity contribution in [3.63, 3.8) is 0 Å². The highest BCUT2D eigenvalue weighted by molar-refractivity contribution is 5.46. The van der Waals surface area contributed by atoms with Gasteiger partial charge < -0.3 is 9.84 Å². The van der Waals surface area contributed by atoms with Gasteiger partial charge in [-0.2, -0.15) is 0 Å². The van der Waals surface area contributed by atoms with Crippen molar-refractivity contribution < 1.29 is 14.9 Å². The molecule has 0 bridgehead atoms. The second-order valence-corrected chi connectivity index (χ2v) is 4.05. The van der Waals surface area contributed by atoms with Gasteiger partial charge in [0, 0.05) is 11.6 Å². The lowest BCUT2D eigenvalue weighted by Crippen LogP contribution is -2.06. The van der Waals surface area contributed by atoms with Crippen LogP contribution >= 0.6 is 0 Å². The molecule has 1 unspecified atom stereocenters. The number of aryl methyl sites for hydroxylation is 1. The lowest BCUT2D eigenvalue weighted by atomic mass is 9.96. The van der Waals surface area contributed by atoms with E-state index in [0.717, 1.165) is 5.56 Å². The Balaban J connectivity index is 3.15. The summed E-state index contributed by atoms with van der Waals surface area (Å²) in [4.78, 5) is 0. The molecule has 1 aromatic carbocycles. The third kappa shape index (κ3) is 2.42. The second-order valence-electron chi connectivity index (χ2n) is 4.05. The number of rotatable bonds is 3. The molecule has 1 radical (unpaired) electrons. The maximum atomic E-state index is 11.7. The van der Waals surface area contributed by atoms with E-state index in [1.165, 1.54) is 13.2 Å². The average Bonchev–Trinajstić information content (AvgIpc) is 2.19. The minimum atomic E-state index is -0.706. The van der Waals surface area contributed by atoms with Crippen molar-refractivity contribution in [2.75, 3.05) is 7.11 Å². The first-order valence-electron chi connectivity index (χ1n) is 5.01. The maximum Gasteiger partial charge on any atom is 0.188 e. The van der Waals surface area contributed by atoms with E-state index in [1.807, 2.05) is 20.8 Å². The molecule has 0 aromatic heterocycles. The molecule has 1 atom stereocenters. The summed E-state index contributed by atoms with van der Waals surface area (Å²) in [5.41, 5.74) is 1.31. The molecule has 0 saturated heterocycles. The van der Waals surface area contributed by atoms with Crippen LogP contribution in [0.3, 0.4) is 0 Å². The van der Waals surface area contributed by atoms with Gasteiger partial charge in [0.1, 0.15) is 5.75 Å². The van der Waals surface area contributed by atoms with Crippen molar-refractivity contribution in [2.24, 2.45) is 5.92 Å². The fourth-order valence-electron chi connectivity index (χ4n) is 1.50. The van der Waals surface area contributed by atoms with Crippen LogP contribution in [0.25, 0.3) is 0 Å². The van der Waals surface area contributed by atoms with Gasteiger partial charge in [-0.15, -0.1) is 0 Å². The van der Waals surface area contributed by atoms with E-state index in [0.29, 0.717) is 11.3 Å². The molecule has 0 saturated carbocycles. The van der Waals surface area contributed by atoms with Crippen molar-refractivity contribution >= 4 is 0 Å². The molecule has 0 amide bonds. The summed E-state index contributed by atoms with van der Waals surface area (Å²) >= 11 is 0. The maximum absolute atomic E-state index is 11.7. The van der Waals surface area contributed by atoms with Gasteiger partial charge in [0.15, 0.2) is 5.75 Å². The Morgan fingerprint density at radius 3 is 2.40 bits per heavy atom. The topological polar surface area (TPSA) is 49.4 Å². The summed E-state index contributed by atoms with van der Waals surface area (Å²) in [6, 6.07) is 3.13. The molecule has 0 aliphatic heterocycles. The molecular formula is C12H17O3. The average molecular weight is 209 g/mol. The van der Waals surface area contributed by atoms with Crippen molar-refractivity contribution in [1.29, 1.82) is 0 Å². The minimum Gasteiger partial charge on any atom is -0.496 e. The third-order valence-corrected chi connectivity index (χ3v) is 2.48. The Hall–Kier alpha value is -1.22. The van der Waals surface area contributed by atoms with Crippen molar-refractivity contribution in [3.8, 4) is 11.5 Å². The van der Waals surface area contributed by atoms with E-state index in [-0.39, 0.29) is 11.7 Å². The zero-order valence-electron chi connectivity index (χ0n) is 9.57. The van der Waals surface area contributed by atoms with Crippen LogP contribution in [0.15, 0.2) is 12.1 Å². The molecule has 0 aliphatic carbocycles. The zero-order chi connectivity index (χ0) is 11.6. The normalized spacial score (nSPS) is 12.9. The standard InChI is InChI=1S/C12H17O3/c1-7(2)12(14)9-5-8(3)11(15-4)6-10(9)13/h5-7,12,14H,1-4H3. The molecule has 0 fully saturated rings. The third-order valence-electron chi connectivity index (χ3n) is 2.48. The Labute approximate surface area is 90.3 Å². The smallest absolute Gasteiger partial charge is 0.188 e. The van der Waals surface area contributed by atoms with Crippen LogP contribution in [0.5, 0.6) is 11.5 Å². The quantitative estimate of drug-likeness (QED) is 0.832. The predicted octanol–water partition coefficient (Wildman–Crippen LogP) is 2.84. The molecule has 1 aromatic rings. The number of ether oxygens (including phenoxy) is 1. The van der Waals surface area contributed by atoms with E-state index < -0.39 is 6.10 Å². The Morgan fingerprint density at radius 2 is 1.93 bits per heavy atom. The minimum absolute atomic E-state index is 0.0329. The van der Waals surface area contributed by atoms with Crippen molar-refractivity contribution in [1.82, 2.24) is 0 Å². The molecular weight excluding hydrogens is 192 g/mol. The monoisotopic (exact) mass is 209 g/mol. The lowest BCUT2D eigenvalue weighted by molar-refractivity contribution is 0.121. The number of aliphatic hydroxyl groups excluding tert-OH is 1. The molecule has 1 N–H and O–H groups in total. The summed E-state index contributed by atoms with van der Waals surface area (Å²) in [5.74, 6) is 0.434. The Morgan fingerprint density at radius 1 is 1.33 bits per heavy atom. The van der Waals surface area contributed by atoms with E-state index in [9.17, 15) is 10.2 Å². The molecule has 83 valence electrons.